The molecule has 106 valence electrons. The van der Waals surface area contributed by atoms with Gasteiger partial charge in [-0.2, -0.15) is 0 Å². The van der Waals surface area contributed by atoms with E-state index in [0.717, 1.165) is 46.8 Å². The molecule has 1 aliphatic rings. The van der Waals surface area contributed by atoms with Crippen LogP contribution in [0.4, 0.5) is 0 Å². The average molecular weight is 297 g/mol. The van der Waals surface area contributed by atoms with Gasteiger partial charge in [-0.15, -0.1) is 0 Å². The van der Waals surface area contributed by atoms with Gasteiger partial charge >= 0.3 is 0 Å². The summed E-state index contributed by atoms with van der Waals surface area (Å²) >= 11 is 1.61. The lowest BCUT2D eigenvalue weighted by Crippen LogP contribution is -2.27. The minimum Gasteiger partial charge on any atom is -0.339 e. The Morgan fingerprint density at radius 3 is 2.67 bits per heavy atom. The maximum atomic E-state index is 12.4. The predicted octanol–water partition coefficient (Wildman–Crippen LogP) is 3.32. The molecule has 4 rings (SSSR count). The molecule has 0 N–H and O–H groups in total. The fourth-order valence-electron chi connectivity index (χ4n) is 2.72. The highest BCUT2D eigenvalue weighted by atomic mass is 32.1. The standard InChI is InChI=1S/C16H15N3OS/c20-15(18-7-1-2-8-18)12-5-6-13-14(11-12)21-16(17-13)19-9-3-4-10-19/h3-6,9-11H,1-2,7-8H2. The first-order chi connectivity index (χ1) is 10.3. The second-order valence-corrected chi connectivity index (χ2v) is 6.28. The van der Waals surface area contributed by atoms with E-state index in [1.807, 2.05) is 52.2 Å². The quantitative estimate of drug-likeness (QED) is 0.727. The Kier molecular flexibility index (Phi) is 3.00. The van der Waals surface area contributed by atoms with Crippen LogP contribution in [0.1, 0.15) is 23.2 Å². The largest absolute Gasteiger partial charge is 0.339 e. The number of carbonyl (C=O) groups excluding carboxylic acids is 1. The van der Waals surface area contributed by atoms with Crippen LogP contribution < -0.4 is 0 Å². The third kappa shape index (κ3) is 2.23. The second-order valence-electron chi connectivity index (χ2n) is 5.27. The van der Waals surface area contributed by atoms with Gasteiger partial charge in [0.2, 0.25) is 0 Å². The van der Waals surface area contributed by atoms with Crippen molar-refractivity contribution in [2.75, 3.05) is 13.1 Å². The number of likely N-dealkylation sites (tertiary alicyclic amines) is 1. The van der Waals surface area contributed by atoms with Gasteiger partial charge in [0, 0.05) is 31.0 Å². The molecule has 0 unspecified atom stereocenters. The number of aromatic nitrogens is 2. The van der Waals surface area contributed by atoms with E-state index in [1.54, 1.807) is 11.3 Å². The second kappa shape index (κ2) is 5.00. The molecule has 5 heteroatoms. The third-order valence-corrected chi connectivity index (χ3v) is 4.87. The summed E-state index contributed by atoms with van der Waals surface area (Å²) in [6, 6.07) is 9.77. The van der Waals surface area contributed by atoms with Gasteiger partial charge in [-0.25, -0.2) is 4.98 Å². The minimum atomic E-state index is 0.144. The van der Waals surface area contributed by atoms with Crippen molar-refractivity contribution in [2.24, 2.45) is 0 Å². The molecule has 0 spiro atoms. The van der Waals surface area contributed by atoms with Gasteiger partial charge in [-0.05, 0) is 43.2 Å². The maximum Gasteiger partial charge on any atom is 0.253 e. The molecule has 1 aromatic carbocycles. The first-order valence-electron chi connectivity index (χ1n) is 7.14. The van der Waals surface area contributed by atoms with E-state index in [-0.39, 0.29) is 5.91 Å². The zero-order valence-electron chi connectivity index (χ0n) is 11.5. The van der Waals surface area contributed by atoms with E-state index in [2.05, 4.69) is 4.98 Å². The third-order valence-electron chi connectivity index (χ3n) is 3.84. The number of benzene rings is 1. The highest BCUT2D eigenvalue weighted by molar-refractivity contribution is 7.20. The van der Waals surface area contributed by atoms with Crippen molar-refractivity contribution >= 4 is 27.5 Å². The molecule has 1 amide bonds. The summed E-state index contributed by atoms with van der Waals surface area (Å²) < 4.78 is 3.05. The fourth-order valence-corrected chi connectivity index (χ4v) is 3.69. The van der Waals surface area contributed by atoms with Crippen molar-refractivity contribution in [1.82, 2.24) is 14.5 Å². The number of hydrogen-bond acceptors (Lipinski definition) is 3. The molecule has 0 saturated carbocycles. The molecule has 1 fully saturated rings. The number of thiazole rings is 1. The summed E-state index contributed by atoms with van der Waals surface area (Å²) in [5, 5.41) is 0.931. The van der Waals surface area contributed by atoms with E-state index in [9.17, 15) is 4.79 Å². The molecule has 3 aromatic rings. The van der Waals surface area contributed by atoms with Crippen LogP contribution in [0, 0.1) is 0 Å². The minimum absolute atomic E-state index is 0.144. The molecule has 21 heavy (non-hydrogen) atoms. The summed E-state index contributed by atoms with van der Waals surface area (Å²) in [6.45, 7) is 1.77. The number of nitrogens with zero attached hydrogens (tertiary/aromatic N) is 3. The smallest absolute Gasteiger partial charge is 0.253 e. The summed E-state index contributed by atoms with van der Waals surface area (Å²) in [7, 11) is 0. The number of hydrogen-bond donors (Lipinski definition) is 0. The Bertz CT molecular complexity index is 785. The molecule has 0 aliphatic carbocycles. The molecular weight excluding hydrogens is 282 g/mol. The zero-order chi connectivity index (χ0) is 14.2. The van der Waals surface area contributed by atoms with Gasteiger partial charge < -0.3 is 9.47 Å². The van der Waals surface area contributed by atoms with Crippen LogP contribution in [0.25, 0.3) is 15.3 Å². The first-order valence-corrected chi connectivity index (χ1v) is 7.96. The molecule has 3 heterocycles. The number of fused-ring (bicyclic) bond motifs is 1. The highest BCUT2D eigenvalue weighted by Crippen LogP contribution is 2.26. The lowest BCUT2D eigenvalue weighted by molar-refractivity contribution is 0.0793. The molecule has 2 aromatic heterocycles. The lowest BCUT2D eigenvalue weighted by atomic mass is 10.2. The Morgan fingerprint density at radius 2 is 1.90 bits per heavy atom. The molecule has 1 aliphatic heterocycles. The Hall–Kier alpha value is -2.14. The van der Waals surface area contributed by atoms with Crippen LogP contribution in [-0.2, 0) is 0 Å². The van der Waals surface area contributed by atoms with Gasteiger partial charge in [0.1, 0.15) is 0 Å². The van der Waals surface area contributed by atoms with Crippen molar-refractivity contribution in [3.63, 3.8) is 0 Å². The van der Waals surface area contributed by atoms with Crippen molar-refractivity contribution in [3.8, 4) is 5.13 Å². The maximum absolute atomic E-state index is 12.4. The van der Waals surface area contributed by atoms with Crippen LogP contribution >= 0.6 is 11.3 Å². The topological polar surface area (TPSA) is 38.1 Å². The van der Waals surface area contributed by atoms with Crippen molar-refractivity contribution in [1.29, 1.82) is 0 Å². The van der Waals surface area contributed by atoms with Crippen molar-refractivity contribution in [3.05, 3.63) is 48.3 Å². The van der Waals surface area contributed by atoms with Crippen LogP contribution in [0.5, 0.6) is 0 Å². The molecule has 1 saturated heterocycles. The van der Waals surface area contributed by atoms with Crippen LogP contribution in [-0.4, -0.2) is 33.4 Å². The Morgan fingerprint density at radius 1 is 1.14 bits per heavy atom. The molecule has 0 radical (unpaired) electrons. The number of rotatable bonds is 2. The highest BCUT2D eigenvalue weighted by Gasteiger charge is 2.20. The summed E-state index contributed by atoms with van der Waals surface area (Å²) in [4.78, 5) is 19.0. The SMILES string of the molecule is O=C(c1ccc2nc(-n3cccc3)sc2c1)N1CCCC1. The molecular formula is C16H15N3OS. The summed E-state index contributed by atoms with van der Waals surface area (Å²) in [6.07, 6.45) is 6.20. The van der Waals surface area contributed by atoms with E-state index >= 15 is 0 Å². The van der Waals surface area contributed by atoms with Crippen LogP contribution in [0.15, 0.2) is 42.7 Å². The van der Waals surface area contributed by atoms with Gasteiger partial charge in [0.15, 0.2) is 5.13 Å². The van der Waals surface area contributed by atoms with Gasteiger partial charge in [0.05, 0.1) is 10.2 Å². The van der Waals surface area contributed by atoms with Gasteiger partial charge in [-0.3, -0.25) is 4.79 Å². The van der Waals surface area contributed by atoms with E-state index in [1.165, 1.54) is 0 Å². The molecule has 4 nitrogen and oxygen atoms in total. The predicted molar refractivity (Wildman–Crippen MR) is 84.1 cm³/mol. The van der Waals surface area contributed by atoms with Gasteiger partial charge in [0.25, 0.3) is 5.91 Å². The van der Waals surface area contributed by atoms with E-state index in [4.69, 9.17) is 0 Å². The fraction of sp³-hybridized carbons (Fsp3) is 0.250. The lowest BCUT2D eigenvalue weighted by Gasteiger charge is -2.14. The van der Waals surface area contributed by atoms with E-state index < -0.39 is 0 Å². The van der Waals surface area contributed by atoms with Crippen molar-refractivity contribution < 1.29 is 4.79 Å². The molecule has 0 atom stereocenters. The van der Waals surface area contributed by atoms with Crippen LogP contribution in [0.3, 0.4) is 0 Å². The average Bonchev–Trinajstić information content (AvgIpc) is 3.24. The van der Waals surface area contributed by atoms with E-state index in [0.29, 0.717) is 0 Å². The van der Waals surface area contributed by atoms with Crippen molar-refractivity contribution in [2.45, 2.75) is 12.8 Å². The Labute approximate surface area is 126 Å². The monoisotopic (exact) mass is 297 g/mol. The zero-order valence-corrected chi connectivity index (χ0v) is 12.3. The van der Waals surface area contributed by atoms with Crippen LogP contribution in [0.2, 0.25) is 0 Å². The summed E-state index contributed by atoms with van der Waals surface area (Å²) in [5.74, 6) is 0.144. The summed E-state index contributed by atoms with van der Waals surface area (Å²) in [5.41, 5.74) is 1.72. The first kappa shape index (κ1) is 12.6. The Balaban J connectivity index is 1.71. The van der Waals surface area contributed by atoms with Gasteiger partial charge in [-0.1, -0.05) is 11.3 Å². The number of amides is 1. The number of carbonyl (C=O) groups is 1. The molecule has 0 bridgehead atoms. The normalized spacial score (nSPS) is 15.0.